The minimum atomic E-state index is -0.147. The summed E-state index contributed by atoms with van der Waals surface area (Å²) in [5.41, 5.74) is 5.70. The monoisotopic (exact) mass is 228 g/mol. The van der Waals surface area contributed by atoms with Crippen LogP contribution in [-0.2, 0) is 9.53 Å². The molecule has 0 bridgehead atoms. The van der Waals surface area contributed by atoms with Gasteiger partial charge in [0.1, 0.15) is 6.10 Å². The smallest absolute Gasteiger partial charge is 0.334 e. The van der Waals surface area contributed by atoms with Gasteiger partial charge < -0.3 is 4.74 Å². The van der Waals surface area contributed by atoms with Gasteiger partial charge in [0.05, 0.1) is 0 Å². The third-order valence-corrected chi connectivity index (χ3v) is 3.88. The molecule has 0 N–H and O–H groups in total. The van der Waals surface area contributed by atoms with Crippen molar-refractivity contribution >= 4 is 11.5 Å². The number of carbonyl (C=O) groups is 1. The Morgan fingerprint density at radius 3 is 2.82 bits per heavy atom. The molecule has 2 nitrogen and oxygen atoms in total. The molecule has 2 atom stereocenters. The lowest BCUT2D eigenvalue weighted by Gasteiger charge is -2.28. The Bertz CT molecular complexity index is 540. The van der Waals surface area contributed by atoms with Gasteiger partial charge in [-0.3, -0.25) is 0 Å². The van der Waals surface area contributed by atoms with E-state index < -0.39 is 0 Å². The fourth-order valence-electron chi connectivity index (χ4n) is 2.95. The topological polar surface area (TPSA) is 26.3 Å². The lowest BCUT2D eigenvalue weighted by atomic mass is 9.78. The molecule has 2 aliphatic rings. The molecule has 17 heavy (non-hydrogen) atoms. The lowest BCUT2D eigenvalue weighted by Crippen LogP contribution is -2.20. The molecule has 0 saturated heterocycles. The number of fused-ring (bicyclic) bond motifs is 3. The molecule has 2 heteroatoms. The molecule has 1 aliphatic heterocycles. The molecule has 0 amide bonds. The van der Waals surface area contributed by atoms with Gasteiger partial charge in [0.2, 0.25) is 0 Å². The number of rotatable bonds is 0. The molecule has 0 saturated carbocycles. The molecule has 88 valence electrons. The maximum atomic E-state index is 11.7. The third-order valence-electron chi connectivity index (χ3n) is 3.88. The average molecular weight is 228 g/mol. The minimum Gasteiger partial charge on any atom is -0.454 e. The maximum Gasteiger partial charge on any atom is 0.334 e. The zero-order valence-corrected chi connectivity index (χ0v) is 10.4. The number of benzene rings is 1. The molecule has 3 rings (SSSR count). The average Bonchev–Trinajstić information content (AvgIpc) is 2.54. The van der Waals surface area contributed by atoms with Gasteiger partial charge in [-0.15, -0.1) is 0 Å². The largest absolute Gasteiger partial charge is 0.454 e. The van der Waals surface area contributed by atoms with E-state index in [2.05, 4.69) is 32.0 Å². The summed E-state index contributed by atoms with van der Waals surface area (Å²) in [6.45, 7) is 6.16. The zero-order chi connectivity index (χ0) is 12.2. The van der Waals surface area contributed by atoms with Crippen molar-refractivity contribution in [1.82, 2.24) is 0 Å². The van der Waals surface area contributed by atoms with Crippen molar-refractivity contribution in [1.29, 1.82) is 0 Å². The molecule has 0 spiro atoms. The summed E-state index contributed by atoms with van der Waals surface area (Å²) in [4.78, 5) is 11.7. The summed E-state index contributed by atoms with van der Waals surface area (Å²) in [5, 5.41) is 0. The number of esters is 1. The van der Waals surface area contributed by atoms with E-state index in [1.807, 2.05) is 6.92 Å². The van der Waals surface area contributed by atoms with Crippen LogP contribution in [0.1, 0.15) is 42.9 Å². The first-order chi connectivity index (χ1) is 8.08. The fraction of sp³-hybridized carbons (Fsp3) is 0.400. The van der Waals surface area contributed by atoms with E-state index >= 15 is 0 Å². The Kier molecular flexibility index (Phi) is 2.15. The molecule has 1 aromatic carbocycles. The normalized spacial score (nSPS) is 26.6. The van der Waals surface area contributed by atoms with Crippen molar-refractivity contribution in [2.75, 3.05) is 0 Å². The van der Waals surface area contributed by atoms with E-state index in [0.717, 1.165) is 17.6 Å². The summed E-state index contributed by atoms with van der Waals surface area (Å²) in [5.74, 6) is 0.310. The van der Waals surface area contributed by atoms with Crippen LogP contribution in [0.25, 0.3) is 5.57 Å². The second kappa shape index (κ2) is 3.46. The van der Waals surface area contributed by atoms with E-state index in [0.29, 0.717) is 5.92 Å². The predicted octanol–water partition coefficient (Wildman–Crippen LogP) is 3.20. The summed E-state index contributed by atoms with van der Waals surface area (Å²) >= 11 is 0. The standard InChI is InChI=1S/C15H16O2/c1-8-4-5-11-9(2)7-13-14(12(11)6-8)10(3)15(16)17-13/h4-6,9,13H,7H2,1-3H3. The number of aryl methyl sites for hydroxylation is 1. The van der Waals surface area contributed by atoms with Crippen molar-refractivity contribution in [3.8, 4) is 0 Å². The minimum absolute atomic E-state index is 0.0215. The molecule has 1 heterocycles. The Hall–Kier alpha value is -1.57. The quantitative estimate of drug-likeness (QED) is 0.637. The number of hydrogen-bond acceptors (Lipinski definition) is 2. The van der Waals surface area contributed by atoms with E-state index in [-0.39, 0.29) is 12.1 Å². The molecule has 0 aromatic heterocycles. The number of hydrogen-bond donors (Lipinski definition) is 0. The van der Waals surface area contributed by atoms with Crippen molar-refractivity contribution in [2.24, 2.45) is 0 Å². The highest BCUT2D eigenvalue weighted by molar-refractivity contribution is 6.03. The summed E-state index contributed by atoms with van der Waals surface area (Å²) in [7, 11) is 0. The summed E-state index contributed by atoms with van der Waals surface area (Å²) in [6.07, 6.45) is 0.890. The highest BCUT2D eigenvalue weighted by Crippen LogP contribution is 2.44. The van der Waals surface area contributed by atoms with Gasteiger partial charge in [-0.25, -0.2) is 4.79 Å². The van der Waals surface area contributed by atoms with Crippen molar-refractivity contribution in [3.63, 3.8) is 0 Å². The molecule has 0 fully saturated rings. The van der Waals surface area contributed by atoms with Gasteiger partial charge in [-0.1, -0.05) is 30.7 Å². The lowest BCUT2D eigenvalue weighted by molar-refractivity contribution is -0.139. The Morgan fingerprint density at radius 2 is 2.06 bits per heavy atom. The van der Waals surface area contributed by atoms with Crippen molar-refractivity contribution in [2.45, 2.75) is 39.2 Å². The van der Waals surface area contributed by atoms with Gasteiger partial charge in [0.25, 0.3) is 0 Å². The second-order valence-corrected chi connectivity index (χ2v) is 5.16. The van der Waals surface area contributed by atoms with Crippen LogP contribution >= 0.6 is 0 Å². The molecule has 1 aromatic rings. The first-order valence-corrected chi connectivity index (χ1v) is 6.10. The van der Waals surface area contributed by atoms with Gasteiger partial charge in [0.15, 0.2) is 0 Å². The molecule has 2 unspecified atom stereocenters. The zero-order valence-electron chi connectivity index (χ0n) is 10.4. The molecule has 1 aliphatic carbocycles. The van der Waals surface area contributed by atoms with Gasteiger partial charge >= 0.3 is 5.97 Å². The van der Waals surface area contributed by atoms with Crippen molar-refractivity contribution in [3.05, 3.63) is 40.5 Å². The van der Waals surface area contributed by atoms with Crippen LogP contribution in [0.3, 0.4) is 0 Å². The Morgan fingerprint density at radius 1 is 1.29 bits per heavy atom. The van der Waals surface area contributed by atoms with Crippen LogP contribution < -0.4 is 0 Å². The van der Waals surface area contributed by atoms with Crippen LogP contribution in [0, 0.1) is 6.92 Å². The van der Waals surface area contributed by atoms with E-state index in [1.54, 1.807) is 0 Å². The number of carbonyl (C=O) groups excluding carboxylic acids is 1. The summed E-state index contributed by atoms with van der Waals surface area (Å²) < 4.78 is 5.43. The van der Waals surface area contributed by atoms with E-state index in [1.165, 1.54) is 16.7 Å². The maximum absolute atomic E-state index is 11.7. The fourth-order valence-corrected chi connectivity index (χ4v) is 2.95. The van der Waals surface area contributed by atoms with Crippen LogP contribution in [0.5, 0.6) is 0 Å². The van der Waals surface area contributed by atoms with E-state index in [4.69, 9.17) is 4.74 Å². The van der Waals surface area contributed by atoms with Crippen LogP contribution in [0.15, 0.2) is 23.8 Å². The number of ether oxygens (including phenoxy) is 1. The van der Waals surface area contributed by atoms with Gasteiger partial charge in [-0.05, 0) is 37.3 Å². The Labute approximate surface area is 101 Å². The summed E-state index contributed by atoms with van der Waals surface area (Å²) in [6, 6.07) is 6.51. The van der Waals surface area contributed by atoms with Crippen molar-refractivity contribution < 1.29 is 9.53 Å². The van der Waals surface area contributed by atoms with Gasteiger partial charge in [-0.2, -0.15) is 0 Å². The van der Waals surface area contributed by atoms with Gasteiger partial charge in [0, 0.05) is 11.1 Å². The van der Waals surface area contributed by atoms with Crippen LogP contribution in [0.2, 0.25) is 0 Å². The first-order valence-electron chi connectivity index (χ1n) is 6.10. The SMILES string of the molecule is CC1=C2c3cc(C)ccc3C(C)CC2OC1=O. The second-order valence-electron chi connectivity index (χ2n) is 5.16. The Balaban J connectivity index is 2.26. The van der Waals surface area contributed by atoms with Crippen LogP contribution in [0.4, 0.5) is 0 Å². The highest BCUT2D eigenvalue weighted by atomic mass is 16.5. The molecule has 0 radical (unpaired) electrons. The highest BCUT2D eigenvalue weighted by Gasteiger charge is 2.38. The first kappa shape index (κ1) is 10.6. The molecular formula is C15H16O2. The molecular weight excluding hydrogens is 212 g/mol. The van der Waals surface area contributed by atoms with Crippen LogP contribution in [-0.4, -0.2) is 12.1 Å². The van der Waals surface area contributed by atoms with E-state index in [9.17, 15) is 4.79 Å². The predicted molar refractivity (Wildman–Crippen MR) is 66.7 cm³/mol. The third kappa shape index (κ3) is 1.43.